The highest BCUT2D eigenvalue weighted by molar-refractivity contribution is 5.70. The molecule has 0 radical (unpaired) electrons. The molecule has 0 unspecified atom stereocenters. The Morgan fingerprint density at radius 1 is 1.00 bits per heavy atom. The summed E-state index contributed by atoms with van der Waals surface area (Å²) in [5.41, 5.74) is 0.937. The average Bonchev–Trinajstić information content (AvgIpc) is 3.04. The summed E-state index contributed by atoms with van der Waals surface area (Å²) in [5.74, 6) is 1.35. The van der Waals surface area contributed by atoms with Crippen LogP contribution in [-0.4, -0.2) is 31.9 Å². The second-order valence-electron chi connectivity index (χ2n) is 5.90. The third kappa shape index (κ3) is 2.98. The summed E-state index contributed by atoms with van der Waals surface area (Å²) < 4.78 is 15.4. The van der Waals surface area contributed by atoms with E-state index in [1.807, 2.05) is 32.0 Å². The van der Waals surface area contributed by atoms with E-state index >= 15 is 0 Å². The third-order valence-corrected chi connectivity index (χ3v) is 4.18. The monoisotopic (exact) mass is 358 g/mol. The fraction of sp³-hybridized carbons (Fsp3) is 0.389. The topological polar surface area (TPSA) is 80.3 Å². The average molecular weight is 358 g/mol. The number of aromatic nitrogens is 4. The Bertz CT molecular complexity index is 1060. The van der Waals surface area contributed by atoms with Gasteiger partial charge in [-0.15, -0.1) is 0 Å². The number of hydrogen-bond acceptors (Lipinski definition) is 5. The Kier molecular flexibility index (Phi) is 4.83. The molecule has 26 heavy (non-hydrogen) atoms. The van der Waals surface area contributed by atoms with E-state index in [0.29, 0.717) is 42.4 Å². The van der Waals surface area contributed by atoms with E-state index in [2.05, 4.69) is 4.98 Å². The maximum Gasteiger partial charge on any atom is 0.332 e. The Morgan fingerprint density at radius 2 is 1.69 bits per heavy atom. The fourth-order valence-electron chi connectivity index (χ4n) is 2.91. The normalized spacial score (nSPS) is 11.1. The summed E-state index contributed by atoms with van der Waals surface area (Å²) in [7, 11) is 3.07. The summed E-state index contributed by atoms with van der Waals surface area (Å²) in [6, 6.07) is 5.68. The number of imidazole rings is 1. The lowest BCUT2D eigenvalue weighted by atomic mass is 10.2. The van der Waals surface area contributed by atoms with Crippen LogP contribution in [0.4, 0.5) is 0 Å². The predicted molar refractivity (Wildman–Crippen MR) is 98.1 cm³/mol. The summed E-state index contributed by atoms with van der Waals surface area (Å²) in [6.45, 7) is 5.34. The van der Waals surface area contributed by atoms with Crippen molar-refractivity contribution in [1.29, 1.82) is 0 Å². The second-order valence-corrected chi connectivity index (χ2v) is 5.90. The zero-order chi connectivity index (χ0) is 18.8. The number of benzene rings is 1. The van der Waals surface area contributed by atoms with Gasteiger partial charge in [0.2, 0.25) is 0 Å². The van der Waals surface area contributed by atoms with E-state index in [-0.39, 0.29) is 5.56 Å². The number of fused-ring (bicyclic) bond motifs is 1. The van der Waals surface area contributed by atoms with E-state index in [1.165, 1.54) is 11.6 Å². The summed E-state index contributed by atoms with van der Waals surface area (Å²) in [4.78, 5) is 28.8. The maximum atomic E-state index is 12.5. The molecule has 8 heteroatoms. The molecule has 0 aliphatic rings. The van der Waals surface area contributed by atoms with Crippen LogP contribution < -0.4 is 20.7 Å². The molecule has 0 bridgehead atoms. The number of nitrogens with zero attached hydrogens (tertiary/aromatic N) is 4. The minimum atomic E-state index is -0.396. The molecule has 0 aliphatic heterocycles. The van der Waals surface area contributed by atoms with Crippen molar-refractivity contribution in [3.05, 3.63) is 50.9 Å². The molecule has 0 aliphatic carbocycles. The molecule has 0 saturated heterocycles. The Balaban J connectivity index is 2.06. The molecule has 138 valence electrons. The van der Waals surface area contributed by atoms with Crippen molar-refractivity contribution in [3.8, 4) is 11.5 Å². The Labute approximate surface area is 150 Å². The van der Waals surface area contributed by atoms with Crippen LogP contribution >= 0.6 is 0 Å². The predicted octanol–water partition coefficient (Wildman–Crippen LogP) is 1.28. The molecule has 0 saturated carbocycles. The number of hydrogen-bond donors (Lipinski definition) is 0. The molecule has 0 fully saturated rings. The summed E-state index contributed by atoms with van der Waals surface area (Å²) in [5, 5.41) is 0. The van der Waals surface area contributed by atoms with Crippen molar-refractivity contribution in [1.82, 2.24) is 18.7 Å². The number of ether oxygens (including phenoxy) is 2. The minimum Gasteiger partial charge on any atom is -0.490 e. The van der Waals surface area contributed by atoms with E-state index in [1.54, 1.807) is 17.9 Å². The van der Waals surface area contributed by atoms with Gasteiger partial charge in [0.25, 0.3) is 5.56 Å². The van der Waals surface area contributed by atoms with E-state index in [9.17, 15) is 9.59 Å². The first-order valence-electron chi connectivity index (χ1n) is 8.47. The number of rotatable bonds is 6. The van der Waals surface area contributed by atoms with Crippen LogP contribution in [0.25, 0.3) is 11.2 Å². The molecule has 0 amide bonds. The molecular weight excluding hydrogens is 336 g/mol. The van der Waals surface area contributed by atoms with Crippen molar-refractivity contribution in [3.63, 3.8) is 0 Å². The van der Waals surface area contributed by atoms with Crippen LogP contribution in [0, 0.1) is 0 Å². The molecule has 3 rings (SSSR count). The van der Waals surface area contributed by atoms with Crippen molar-refractivity contribution in [2.45, 2.75) is 20.4 Å². The highest BCUT2D eigenvalue weighted by atomic mass is 16.5. The van der Waals surface area contributed by atoms with Crippen LogP contribution in [0.3, 0.4) is 0 Å². The fourth-order valence-corrected chi connectivity index (χ4v) is 2.91. The largest absolute Gasteiger partial charge is 0.490 e. The molecular formula is C18H22N4O4. The second kappa shape index (κ2) is 7.07. The minimum absolute atomic E-state index is 0.364. The maximum absolute atomic E-state index is 12.5. The Hall–Kier alpha value is -3.03. The van der Waals surface area contributed by atoms with E-state index in [0.717, 1.165) is 10.1 Å². The standard InChI is InChI=1S/C18H22N4O4/c1-5-25-13-8-7-12(9-14(13)26-6-2)10-22-11-19-16-15(22)17(23)21(4)18(24)20(16)3/h7-9,11H,5-6,10H2,1-4H3. The lowest BCUT2D eigenvalue weighted by Crippen LogP contribution is -2.37. The van der Waals surface area contributed by atoms with Gasteiger partial charge >= 0.3 is 5.69 Å². The first kappa shape index (κ1) is 17.8. The molecule has 0 atom stereocenters. The quantitative estimate of drug-likeness (QED) is 0.663. The zero-order valence-electron chi connectivity index (χ0n) is 15.4. The van der Waals surface area contributed by atoms with Gasteiger partial charge in [-0.2, -0.15) is 0 Å². The van der Waals surface area contributed by atoms with E-state index < -0.39 is 5.69 Å². The van der Waals surface area contributed by atoms with Crippen molar-refractivity contribution in [2.24, 2.45) is 14.1 Å². The van der Waals surface area contributed by atoms with Gasteiger partial charge in [0.15, 0.2) is 22.7 Å². The first-order valence-corrected chi connectivity index (χ1v) is 8.47. The number of aryl methyl sites for hydroxylation is 1. The Morgan fingerprint density at radius 3 is 2.38 bits per heavy atom. The van der Waals surface area contributed by atoms with Crippen molar-refractivity contribution in [2.75, 3.05) is 13.2 Å². The molecule has 8 nitrogen and oxygen atoms in total. The highest BCUT2D eigenvalue weighted by Crippen LogP contribution is 2.29. The molecule has 0 N–H and O–H groups in total. The highest BCUT2D eigenvalue weighted by Gasteiger charge is 2.15. The van der Waals surface area contributed by atoms with Crippen molar-refractivity contribution >= 4 is 11.2 Å². The van der Waals surface area contributed by atoms with Gasteiger partial charge in [-0.3, -0.25) is 13.9 Å². The van der Waals surface area contributed by atoms with Crippen molar-refractivity contribution < 1.29 is 9.47 Å². The van der Waals surface area contributed by atoms with Crippen LogP contribution in [-0.2, 0) is 20.6 Å². The van der Waals surface area contributed by atoms with Crippen LogP contribution in [0.5, 0.6) is 11.5 Å². The zero-order valence-corrected chi connectivity index (χ0v) is 15.4. The van der Waals surface area contributed by atoms with E-state index in [4.69, 9.17) is 9.47 Å². The summed E-state index contributed by atoms with van der Waals surface area (Å²) in [6.07, 6.45) is 1.57. The summed E-state index contributed by atoms with van der Waals surface area (Å²) >= 11 is 0. The van der Waals surface area contributed by atoms with Gasteiger partial charge < -0.3 is 14.0 Å². The molecule has 0 spiro atoms. The van der Waals surface area contributed by atoms with Gasteiger partial charge in [-0.05, 0) is 31.5 Å². The van der Waals surface area contributed by atoms with Gasteiger partial charge in [0.1, 0.15) is 0 Å². The smallest absolute Gasteiger partial charge is 0.332 e. The molecule has 1 aromatic carbocycles. The lowest BCUT2D eigenvalue weighted by molar-refractivity contribution is 0.287. The first-order chi connectivity index (χ1) is 12.5. The molecule has 3 aromatic rings. The van der Waals surface area contributed by atoms with Crippen LogP contribution in [0.2, 0.25) is 0 Å². The van der Waals surface area contributed by atoms with Crippen LogP contribution in [0.15, 0.2) is 34.1 Å². The lowest BCUT2D eigenvalue weighted by Gasteiger charge is -2.13. The van der Waals surface area contributed by atoms with Gasteiger partial charge in [0.05, 0.1) is 19.5 Å². The van der Waals surface area contributed by atoms with Gasteiger partial charge in [-0.1, -0.05) is 6.07 Å². The molecule has 2 heterocycles. The SMILES string of the molecule is CCOc1ccc(Cn2cnc3c2c(=O)n(C)c(=O)n3C)cc1OCC. The van der Waals surface area contributed by atoms with Gasteiger partial charge in [-0.25, -0.2) is 9.78 Å². The van der Waals surface area contributed by atoms with Gasteiger partial charge in [0, 0.05) is 20.6 Å². The third-order valence-electron chi connectivity index (χ3n) is 4.18. The molecule has 2 aromatic heterocycles. The van der Waals surface area contributed by atoms with Crippen LogP contribution in [0.1, 0.15) is 19.4 Å².